The first-order chi connectivity index (χ1) is 11.0. The molecule has 0 bridgehead atoms. The molecule has 0 amide bonds. The van der Waals surface area contributed by atoms with Crippen molar-refractivity contribution < 1.29 is 14.4 Å². The molecule has 0 aromatic heterocycles. The van der Waals surface area contributed by atoms with Crippen LogP contribution in [0.2, 0.25) is 0 Å². The minimum absolute atomic E-state index is 0.0967. The molecule has 2 rings (SSSR count). The predicted octanol–water partition coefficient (Wildman–Crippen LogP) is -0.750. The second-order valence-corrected chi connectivity index (χ2v) is 7.41. The standard InChI is InChI=1S/C14H32N5O3P/c1-9(23)18-22-12-5-6-16-13(12)11-7-10(8-17-11)21-19-14(2,15-3)20-4/h9-13,15-19H,5-8,23H2,1-4H3. The van der Waals surface area contributed by atoms with Crippen molar-refractivity contribution in [3.05, 3.63) is 0 Å². The van der Waals surface area contributed by atoms with E-state index in [1.54, 1.807) is 7.11 Å². The lowest BCUT2D eigenvalue weighted by Gasteiger charge is -2.29. The van der Waals surface area contributed by atoms with Crippen molar-refractivity contribution in [2.45, 2.75) is 62.6 Å². The van der Waals surface area contributed by atoms with Crippen LogP contribution in [0.3, 0.4) is 0 Å². The lowest BCUT2D eigenvalue weighted by atomic mass is 10.0. The summed E-state index contributed by atoms with van der Waals surface area (Å²) in [6.45, 7) is 5.70. The Labute approximate surface area is 141 Å². The van der Waals surface area contributed by atoms with Gasteiger partial charge in [-0.15, -0.1) is 9.24 Å². The van der Waals surface area contributed by atoms with Gasteiger partial charge in [0.05, 0.1) is 18.2 Å². The fraction of sp³-hybridized carbons (Fsp3) is 1.00. The summed E-state index contributed by atoms with van der Waals surface area (Å²) in [4.78, 5) is 11.6. The van der Waals surface area contributed by atoms with Gasteiger partial charge in [-0.25, -0.2) is 0 Å². The Balaban J connectivity index is 1.77. The zero-order valence-corrected chi connectivity index (χ0v) is 15.7. The van der Waals surface area contributed by atoms with E-state index in [2.05, 4.69) is 36.2 Å². The number of rotatable bonds is 9. The molecule has 136 valence electrons. The molecule has 0 saturated carbocycles. The number of methoxy groups -OCH3 is 1. The van der Waals surface area contributed by atoms with E-state index in [0.717, 1.165) is 25.9 Å². The van der Waals surface area contributed by atoms with Gasteiger partial charge in [-0.3, -0.25) is 15.0 Å². The molecular weight excluding hydrogens is 317 g/mol. The van der Waals surface area contributed by atoms with Gasteiger partial charge in [0.25, 0.3) is 0 Å². The van der Waals surface area contributed by atoms with Gasteiger partial charge in [-0.1, -0.05) is 0 Å². The maximum atomic E-state index is 5.81. The van der Waals surface area contributed by atoms with Crippen LogP contribution >= 0.6 is 9.24 Å². The highest BCUT2D eigenvalue weighted by atomic mass is 31.0. The maximum absolute atomic E-state index is 5.81. The third-order valence-electron chi connectivity index (χ3n) is 4.48. The minimum Gasteiger partial charge on any atom is -0.349 e. The van der Waals surface area contributed by atoms with Crippen LogP contribution in [0.5, 0.6) is 0 Å². The molecule has 2 saturated heterocycles. The van der Waals surface area contributed by atoms with Gasteiger partial charge in [-0.2, -0.15) is 11.0 Å². The van der Waals surface area contributed by atoms with E-state index in [0.29, 0.717) is 6.04 Å². The Morgan fingerprint density at radius 1 is 1.30 bits per heavy atom. The molecule has 0 aromatic rings. The van der Waals surface area contributed by atoms with Crippen LogP contribution in [0.15, 0.2) is 0 Å². The zero-order chi connectivity index (χ0) is 16.9. The number of nitrogens with one attached hydrogen (secondary N) is 5. The first-order valence-electron chi connectivity index (χ1n) is 8.28. The summed E-state index contributed by atoms with van der Waals surface area (Å²) in [6.07, 6.45) is 2.20. The number of hydrogen-bond acceptors (Lipinski definition) is 8. The van der Waals surface area contributed by atoms with E-state index < -0.39 is 5.85 Å². The molecule has 7 unspecified atom stereocenters. The van der Waals surface area contributed by atoms with Crippen molar-refractivity contribution in [1.82, 2.24) is 26.9 Å². The van der Waals surface area contributed by atoms with Crippen molar-refractivity contribution in [2.75, 3.05) is 27.2 Å². The van der Waals surface area contributed by atoms with Crippen LogP contribution in [0, 0.1) is 0 Å². The second kappa shape index (κ2) is 8.99. The van der Waals surface area contributed by atoms with E-state index in [1.165, 1.54) is 0 Å². The fourth-order valence-corrected chi connectivity index (χ4v) is 3.00. The quantitative estimate of drug-likeness (QED) is 0.211. The average molecular weight is 349 g/mol. The molecule has 2 aliphatic heterocycles. The van der Waals surface area contributed by atoms with Gasteiger partial charge in [0.1, 0.15) is 0 Å². The lowest BCUT2D eigenvalue weighted by molar-refractivity contribution is -0.171. The minimum atomic E-state index is -0.686. The monoisotopic (exact) mass is 349 g/mol. The maximum Gasteiger partial charge on any atom is 0.192 e. The van der Waals surface area contributed by atoms with E-state index in [9.17, 15) is 0 Å². The Kier molecular flexibility index (Phi) is 7.59. The van der Waals surface area contributed by atoms with E-state index in [-0.39, 0.29) is 24.0 Å². The molecule has 0 aromatic carbocycles. The summed E-state index contributed by atoms with van der Waals surface area (Å²) in [6, 6.07) is 0.622. The van der Waals surface area contributed by atoms with Crippen molar-refractivity contribution in [3.8, 4) is 0 Å². The zero-order valence-electron chi connectivity index (χ0n) is 14.5. The molecule has 2 fully saturated rings. The molecule has 9 heteroatoms. The second-order valence-electron chi connectivity index (χ2n) is 6.41. The highest BCUT2D eigenvalue weighted by Gasteiger charge is 2.39. The summed E-state index contributed by atoms with van der Waals surface area (Å²) >= 11 is 0. The Morgan fingerprint density at radius 3 is 2.74 bits per heavy atom. The average Bonchev–Trinajstić information content (AvgIpc) is 3.19. The first kappa shape index (κ1) is 19.4. The SMILES string of the molecule is CNC(C)(NOC1CNC(C2NCCC2ONC(C)P)C1)OC. The summed E-state index contributed by atoms with van der Waals surface area (Å²) in [5, 5.41) is 10.1. The fourth-order valence-electron chi connectivity index (χ4n) is 2.92. The smallest absolute Gasteiger partial charge is 0.192 e. The molecule has 0 aliphatic carbocycles. The highest BCUT2D eigenvalue weighted by Crippen LogP contribution is 2.21. The first-order valence-corrected chi connectivity index (χ1v) is 8.94. The van der Waals surface area contributed by atoms with Crippen LogP contribution in [0.25, 0.3) is 0 Å². The molecule has 5 N–H and O–H groups in total. The van der Waals surface area contributed by atoms with Crippen LogP contribution in [-0.4, -0.2) is 63.2 Å². The van der Waals surface area contributed by atoms with Gasteiger partial charge in [0, 0.05) is 25.5 Å². The van der Waals surface area contributed by atoms with Crippen LogP contribution in [0.1, 0.15) is 26.7 Å². The molecule has 2 heterocycles. The Hall–Kier alpha value is 0.110. The number of hydroxylamine groups is 2. The summed E-state index contributed by atoms with van der Waals surface area (Å²) in [5.41, 5.74) is 6.00. The van der Waals surface area contributed by atoms with Crippen molar-refractivity contribution in [3.63, 3.8) is 0 Å². The van der Waals surface area contributed by atoms with Gasteiger partial charge in [0.2, 0.25) is 0 Å². The van der Waals surface area contributed by atoms with E-state index >= 15 is 0 Å². The number of hydrogen-bond donors (Lipinski definition) is 5. The van der Waals surface area contributed by atoms with Gasteiger partial charge < -0.3 is 15.4 Å². The van der Waals surface area contributed by atoms with Crippen molar-refractivity contribution in [1.29, 1.82) is 0 Å². The van der Waals surface area contributed by atoms with Crippen LogP contribution in [0.4, 0.5) is 0 Å². The third kappa shape index (κ3) is 5.56. The molecule has 0 spiro atoms. The summed E-state index contributed by atoms with van der Waals surface area (Å²) < 4.78 is 5.33. The van der Waals surface area contributed by atoms with Gasteiger partial charge in [0.15, 0.2) is 5.85 Å². The van der Waals surface area contributed by atoms with Crippen LogP contribution in [-0.2, 0) is 14.4 Å². The predicted molar refractivity (Wildman–Crippen MR) is 92.5 cm³/mol. The Morgan fingerprint density at radius 2 is 2.09 bits per heavy atom. The summed E-state index contributed by atoms with van der Waals surface area (Å²) in [7, 11) is 6.13. The summed E-state index contributed by atoms with van der Waals surface area (Å²) in [5.74, 6) is -0.449. The number of ether oxygens (including phenoxy) is 1. The third-order valence-corrected chi connectivity index (χ3v) is 4.61. The van der Waals surface area contributed by atoms with Crippen molar-refractivity contribution in [2.24, 2.45) is 0 Å². The molecule has 2 aliphatic rings. The van der Waals surface area contributed by atoms with Gasteiger partial charge >= 0.3 is 0 Å². The molecule has 0 radical (unpaired) electrons. The molecule has 8 nitrogen and oxygen atoms in total. The van der Waals surface area contributed by atoms with E-state index in [1.807, 2.05) is 20.9 Å². The molecule has 7 atom stereocenters. The van der Waals surface area contributed by atoms with E-state index in [4.69, 9.17) is 14.4 Å². The molecular formula is C14H32N5O3P. The topological polar surface area (TPSA) is 87.8 Å². The normalized spacial score (nSPS) is 35.3. The van der Waals surface area contributed by atoms with Crippen LogP contribution < -0.4 is 26.9 Å². The highest BCUT2D eigenvalue weighted by molar-refractivity contribution is 7.17. The van der Waals surface area contributed by atoms with Crippen molar-refractivity contribution >= 4 is 9.24 Å². The molecule has 23 heavy (non-hydrogen) atoms. The Bertz CT molecular complexity index is 359. The largest absolute Gasteiger partial charge is 0.349 e. The lowest BCUT2D eigenvalue weighted by Crippen LogP contribution is -2.55. The van der Waals surface area contributed by atoms with Gasteiger partial charge in [-0.05, 0) is 40.3 Å².